The average molecular weight is 271 g/mol. The lowest BCUT2D eigenvalue weighted by atomic mass is 10.3. The van der Waals surface area contributed by atoms with E-state index in [1.54, 1.807) is 6.07 Å². The number of nitrogens with zero attached hydrogens (tertiary/aromatic N) is 2. The highest BCUT2D eigenvalue weighted by Crippen LogP contribution is 2.18. The van der Waals surface area contributed by atoms with Gasteiger partial charge < -0.3 is 15.4 Å². The Labute approximate surface area is 107 Å². The molecular weight excluding hydrogens is 254 g/mol. The van der Waals surface area contributed by atoms with Crippen LogP contribution in [0.3, 0.4) is 0 Å². The van der Waals surface area contributed by atoms with Gasteiger partial charge in [-0.1, -0.05) is 0 Å². The molecule has 1 saturated heterocycles. The summed E-state index contributed by atoms with van der Waals surface area (Å²) >= 11 is 0. The van der Waals surface area contributed by atoms with E-state index in [1.807, 2.05) is 11.9 Å². The van der Waals surface area contributed by atoms with E-state index in [4.69, 9.17) is 10.5 Å². The summed E-state index contributed by atoms with van der Waals surface area (Å²) in [5.74, 6) is -0.0848. The molecule has 1 aromatic heterocycles. The molecule has 1 aliphatic heterocycles. The number of hydrogen-bond acceptors (Lipinski definition) is 6. The van der Waals surface area contributed by atoms with E-state index in [9.17, 15) is 8.42 Å². The van der Waals surface area contributed by atoms with Gasteiger partial charge >= 0.3 is 0 Å². The van der Waals surface area contributed by atoms with E-state index in [0.717, 1.165) is 6.54 Å². The fraction of sp³-hybridized carbons (Fsp3) is 0.545. The highest BCUT2D eigenvalue weighted by Gasteiger charge is 2.27. The van der Waals surface area contributed by atoms with Gasteiger partial charge in [0.05, 0.1) is 24.2 Å². The van der Waals surface area contributed by atoms with Gasteiger partial charge in [0.2, 0.25) is 0 Å². The number of pyridine rings is 1. The molecular formula is C11H17N3O3S. The van der Waals surface area contributed by atoms with Crippen molar-refractivity contribution in [1.29, 1.82) is 0 Å². The number of ether oxygens (including phenoxy) is 1. The minimum atomic E-state index is -3.50. The van der Waals surface area contributed by atoms with Crippen LogP contribution >= 0.6 is 0 Å². The van der Waals surface area contributed by atoms with Crippen molar-refractivity contribution in [3.8, 4) is 0 Å². The van der Waals surface area contributed by atoms with Crippen LogP contribution < -0.4 is 5.73 Å². The Morgan fingerprint density at radius 2 is 2.39 bits per heavy atom. The number of anilines is 1. The van der Waals surface area contributed by atoms with E-state index in [-0.39, 0.29) is 22.6 Å². The van der Waals surface area contributed by atoms with E-state index in [1.165, 1.54) is 12.3 Å². The number of aromatic nitrogens is 1. The van der Waals surface area contributed by atoms with Crippen molar-refractivity contribution in [2.45, 2.75) is 11.1 Å². The third-order valence-electron chi connectivity index (χ3n) is 2.84. The molecule has 1 aliphatic rings. The number of rotatable bonds is 3. The normalized spacial score (nSPS) is 21.9. The first-order chi connectivity index (χ1) is 8.49. The van der Waals surface area contributed by atoms with Crippen molar-refractivity contribution < 1.29 is 13.2 Å². The third-order valence-corrected chi connectivity index (χ3v) is 4.58. The third kappa shape index (κ3) is 2.98. The maximum Gasteiger partial charge on any atom is 0.200 e. The molecule has 2 rings (SSSR count). The van der Waals surface area contributed by atoms with Gasteiger partial charge in [0.15, 0.2) is 14.9 Å². The Morgan fingerprint density at radius 1 is 1.61 bits per heavy atom. The zero-order valence-electron chi connectivity index (χ0n) is 10.2. The summed E-state index contributed by atoms with van der Waals surface area (Å²) < 4.78 is 29.8. The molecule has 2 N–H and O–H groups in total. The number of likely N-dealkylation sites (N-methyl/N-ethyl adjacent to an activating group) is 1. The fourth-order valence-electron chi connectivity index (χ4n) is 1.95. The molecule has 0 amide bonds. The number of sulfone groups is 1. The predicted octanol–water partition coefficient (Wildman–Crippen LogP) is -0.232. The quantitative estimate of drug-likeness (QED) is 0.817. The second kappa shape index (κ2) is 5.21. The summed E-state index contributed by atoms with van der Waals surface area (Å²) in [7, 11) is -1.56. The Morgan fingerprint density at radius 3 is 3.06 bits per heavy atom. The minimum Gasteiger partial charge on any atom is -0.396 e. The Hall–Kier alpha value is -1.18. The maximum absolute atomic E-state index is 12.2. The van der Waals surface area contributed by atoms with E-state index < -0.39 is 9.84 Å². The molecule has 18 heavy (non-hydrogen) atoms. The maximum atomic E-state index is 12.2. The molecule has 6 nitrogen and oxygen atoms in total. The number of morpholine rings is 1. The summed E-state index contributed by atoms with van der Waals surface area (Å²) in [4.78, 5) is 5.90. The lowest BCUT2D eigenvalue weighted by Gasteiger charge is -2.29. The van der Waals surface area contributed by atoms with Crippen LogP contribution in [0.25, 0.3) is 0 Å². The first kappa shape index (κ1) is 13.3. The van der Waals surface area contributed by atoms with Crippen LogP contribution in [0.2, 0.25) is 0 Å². The highest BCUT2D eigenvalue weighted by molar-refractivity contribution is 7.91. The molecule has 1 atom stereocenters. The van der Waals surface area contributed by atoms with Crippen molar-refractivity contribution in [1.82, 2.24) is 9.88 Å². The summed E-state index contributed by atoms with van der Waals surface area (Å²) in [5.41, 5.74) is 5.83. The Bertz CT molecular complexity index is 518. The van der Waals surface area contributed by atoms with E-state index in [2.05, 4.69) is 4.98 Å². The lowest BCUT2D eigenvalue weighted by Crippen LogP contribution is -2.43. The van der Waals surface area contributed by atoms with Gasteiger partial charge in [0, 0.05) is 19.3 Å². The van der Waals surface area contributed by atoms with Crippen LogP contribution in [0.1, 0.15) is 0 Å². The lowest BCUT2D eigenvalue weighted by molar-refractivity contribution is -0.00682. The average Bonchev–Trinajstić information content (AvgIpc) is 2.28. The SMILES string of the molecule is CN1CCOC(CS(=O)(=O)c2ncccc2N)C1. The first-order valence-corrected chi connectivity index (χ1v) is 7.37. The largest absolute Gasteiger partial charge is 0.396 e. The smallest absolute Gasteiger partial charge is 0.200 e. The monoisotopic (exact) mass is 271 g/mol. The molecule has 2 heterocycles. The molecule has 0 radical (unpaired) electrons. The summed E-state index contributed by atoms with van der Waals surface area (Å²) in [5, 5.41) is -0.0539. The molecule has 100 valence electrons. The van der Waals surface area contributed by atoms with Crippen LogP contribution in [0.15, 0.2) is 23.4 Å². The predicted molar refractivity (Wildman–Crippen MR) is 67.9 cm³/mol. The first-order valence-electron chi connectivity index (χ1n) is 5.72. The van der Waals surface area contributed by atoms with Gasteiger partial charge in [-0.3, -0.25) is 0 Å². The molecule has 0 saturated carbocycles. The molecule has 7 heteroatoms. The van der Waals surface area contributed by atoms with Gasteiger partial charge in [0.25, 0.3) is 0 Å². The van der Waals surface area contributed by atoms with Crippen LogP contribution in [-0.2, 0) is 14.6 Å². The van der Waals surface area contributed by atoms with Crippen LogP contribution in [0.4, 0.5) is 5.69 Å². The molecule has 0 aliphatic carbocycles. The van der Waals surface area contributed by atoms with Crippen molar-refractivity contribution in [2.24, 2.45) is 0 Å². The van der Waals surface area contributed by atoms with Gasteiger partial charge in [-0.2, -0.15) is 0 Å². The van der Waals surface area contributed by atoms with Crippen molar-refractivity contribution in [3.05, 3.63) is 18.3 Å². The summed E-state index contributed by atoms with van der Waals surface area (Å²) in [6, 6.07) is 3.15. The Kier molecular flexibility index (Phi) is 3.84. The number of nitrogen functional groups attached to an aromatic ring is 1. The zero-order valence-corrected chi connectivity index (χ0v) is 11.1. The summed E-state index contributed by atoms with van der Waals surface area (Å²) in [6.07, 6.45) is 1.10. The van der Waals surface area contributed by atoms with Gasteiger partial charge in [-0.15, -0.1) is 0 Å². The molecule has 0 bridgehead atoms. The molecule has 0 aromatic carbocycles. The topological polar surface area (TPSA) is 85.5 Å². The molecule has 0 spiro atoms. The summed E-state index contributed by atoms with van der Waals surface area (Å²) in [6.45, 7) is 1.97. The molecule has 1 unspecified atom stereocenters. The fourth-order valence-corrected chi connectivity index (χ4v) is 3.45. The zero-order chi connectivity index (χ0) is 13.2. The van der Waals surface area contributed by atoms with Crippen LogP contribution in [-0.4, -0.2) is 56.9 Å². The van der Waals surface area contributed by atoms with Crippen molar-refractivity contribution >= 4 is 15.5 Å². The van der Waals surface area contributed by atoms with E-state index in [0.29, 0.717) is 13.2 Å². The molecule has 1 fully saturated rings. The minimum absolute atomic E-state index is 0.0539. The van der Waals surface area contributed by atoms with Crippen molar-refractivity contribution in [2.75, 3.05) is 38.2 Å². The second-order valence-corrected chi connectivity index (χ2v) is 6.38. The highest BCUT2D eigenvalue weighted by atomic mass is 32.2. The van der Waals surface area contributed by atoms with Crippen LogP contribution in [0.5, 0.6) is 0 Å². The van der Waals surface area contributed by atoms with Gasteiger partial charge in [0.1, 0.15) is 0 Å². The number of nitrogens with two attached hydrogens (primary N) is 1. The molecule has 1 aromatic rings. The standard InChI is InChI=1S/C11H17N3O3S/c1-14-5-6-17-9(7-14)8-18(15,16)11-10(12)3-2-4-13-11/h2-4,9H,5-8,12H2,1H3. The van der Waals surface area contributed by atoms with Gasteiger partial charge in [-0.05, 0) is 19.2 Å². The Balaban J connectivity index is 2.15. The van der Waals surface area contributed by atoms with Crippen molar-refractivity contribution in [3.63, 3.8) is 0 Å². The second-order valence-electron chi connectivity index (χ2n) is 4.43. The van der Waals surface area contributed by atoms with Crippen LogP contribution in [0, 0.1) is 0 Å². The number of hydrogen-bond donors (Lipinski definition) is 1. The van der Waals surface area contributed by atoms with E-state index >= 15 is 0 Å². The van der Waals surface area contributed by atoms with Gasteiger partial charge in [-0.25, -0.2) is 13.4 Å².